The number of carbonyl (C=O) groups is 1. The molecule has 0 bridgehead atoms. The minimum absolute atomic E-state index is 0.000833. The van der Waals surface area contributed by atoms with Crippen molar-refractivity contribution in [2.24, 2.45) is 5.92 Å². The zero-order valence-corrected chi connectivity index (χ0v) is 11.6. The molecule has 0 heterocycles. The fourth-order valence-corrected chi connectivity index (χ4v) is 3.05. The van der Waals surface area contributed by atoms with Gasteiger partial charge >= 0.3 is 0 Å². The molecular weight excluding hydrogens is 243 g/mol. The third-order valence-electron chi connectivity index (χ3n) is 3.90. The van der Waals surface area contributed by atoms with Gasteiger partial charge in [-0.1, -0.05) is 13.3 Å². The van der Waals surface area contributed by atoms with Crippen molar-refractivity contribution >= 4 is 5.78 Å². The minimum atomic E-state index is -0.704. The Morgan fingerprint density at radius 1 is 1.42 bits per heavy atom. The number of carbonyl (C=O) groups excluding carboxylic acids is 1. The summed E-state index contributed by atoms with van der Waals surface area (Å²) in [6.07, 6.45) is 3.68. The lowest BCUT2D eigenvalue weighted by molar-refractivity contribution is -0.0511. The highest BCUT2D eigenvalue weighted by Crippen LogP contribution is 2.37. The van der Waals surface area contributed by atoms with Crippen molar-refractivity contribution in [3.8, 4) is 0 Å². The molecule has 0 aromatic heterocycles. The number of halogens is 1. The van der Waals surface area contributed by atoms with E-state index in [1.54, 1.807) is 12.1 Å². The van der Waals surface area contributed by atoms with Gasteiger partial charge in [0.25, 0.3) is 0 Å². The summed E-state index contributed by atoms with van der Waals surface area (Å²) in [6.45, 7) is 4.60. The average Bonchev–Trinajstić information content (AvgIpc) is 2.39. The second-order valence-corrected chi connectivity index (χ2v) is 5.46. The van der Waals surface area contributed by atoms with Gasteiger partial charge in [-0.15, -0.1) is 0 Å². The van der Waals surface area contributed by atoms with Gasteiger partial charge in [0.2, 0.25) is 0 Å². The lowest BCUT2D eigenvalue weighted by atomic mass is 9.75. The second-order valence-electron chi connectivity index (χ2n) is 5.46. The van der Waals surface area contributed by atoms with E-state index in [4.69, 9.17) is 4.74 Å². The van der Waals surface area contributed by atoms with Crippen LogP contribution in [0.25, 0.3) is 0 Å². The van der Waals surface area contributed by atoms with Crippen LogP contribution in [0.5, 0.6) is 0 Å². The topological polar surface area (TPSA) is 26.3 Å². The Morgan fingerprint density at radius 3 is 2.68 bits per heavy atom. The van der Waals surface area contributed by atoms with Crippen LogP contribution < -0.4 is 0 Å². The summed E-state index contributed by atoms with van der Waals surface area (Å²) in [5.74, 6) is 0.171. The molecule has 104 valence electrons. The Morgan fingerprint density at radius 2 is 2.11 bits per heavy atom. The Balaban J connectivity index is 2.27. The van der Waals surface area contributed by atoms with Gasteiger partial charge in [0, 0.05) is 12.2 Å². The molecule has 1 fully saturated rings. The van der Waals surface area contributed by atoms with Crippen molar-refractivity contribution in [3.63, 3.8) is 0 Å². The second kappa shape index (κ2) is 5.83. The summed E-state index contributed by atoms with van der Waals surface area (Å²) in [5.41, 5.74) is -0.159. The van der Waals surface area contributed by atoms with Crippen molar-refractivity contribution in [3.05, 3.63) is 35.6 Å². The van der Waals surface area contributed by atoms with E-state index in [-0.39, 0.29) is 11.6 Å². The molecule has 2 atom stereocenters. The van der Waals surface area contributed by atoms with Crippen LogP contribution in [0, 0.1) is 11.7 Å². The first-order valence-electron chi connectivity index (χ1n) is 7.02. The molecular formula is C16H21FO2. The lowest BCUT2D eigenvalue weighted by Gasteiger charge is -2.38. The van der Waals surface area contributed by atoms with Crippen LogP contribution in [-0.2, 0) is 4.74 Å². The van der Waals surface area contributed by atoms with E-state index in [0.29, 0.717) is 18.1 Å². The van der Waals surface area contributed by atoms with E-state index in [1.807, 2.05) is 6.92 Å². The maximum absolute atomic E-state index is 13.0. The minimum Gasteiger partial charge on any atom is -0.367 e. The van der Waals surface area contributed by atoms with Crippen LogP contribution in [0.15, 0.2) is 24.3 Å². The third-order valence-corrected chi connectivity index (χ3v) is 3.90. The summed E-state index contributed by atoms with van der Waals surface area (Å²) in [7, 11) is 0. The molecule has 0 N–H and O–H groups in total. The number of ketones is 1. The van der Waals surface area contributed by atoms with Gasteiger partial charge in [0.05, 0.1) is 0 Å². The predicted molar refractivity (Wildman–Crippen MR) is 72.7 cm³/mol. The normalized spacial score (nSPS) is 27.2. The Bertz CT molecular complexity index is 437. The molecule has 0 spiro atoms. The first kappa shape index (κ1) is 14.2. The first-order chi connectivity index (χ1) is 9.07. The molecule has 2 unspecified atom stereocenters. The van der Waals surface area contributed by atoms with Crippen LogP contribution in [0.2, 0.25) is 0 Å². The SMILES string of the molecule is CCOC1(C(=O)c2ccc(F)cc2)CCCC(C)C1. The van der Waals surface area contributed by atoms with E-state index in [0.717, 1.165) is 25.7 Å². The average molecular weight is 264 g/mol. The van der Waals surface area contributed by atoms with Gasteiger partial charge < -0.3 is 4.74 Å². The largest absolute Gasteiger partial charge is 0.367 e. The van der Waals surface area contributed by atoms with Crippen molar-refractivity contribution < 1.29 is 13.9 Å². The Labute approximate surface area is 114 Å². The number of hydrogen-bond acceptors (Lipinski definition) is 2. The summed E-state index contributed by atoms with van der Waals surface area (Å²) in [4.78, 5) is 12.7. The maximum atomic E-state index is 13.0. The molecule has 19 heavy (non-hydrogen) atoms. The van der Waals surface area contributed by atoms with Crippen LogP contribution in [-0.4, -0.2) is 18.0 Å². The molecule has 0 radical (unpaired) electrons. The van der Waals surface area contributed by atoms with Crippen LogP contribution >= 0.6 is 0 Å². The van der Waals surface area contributed by atoms with Crippen molar-refractivity contribution in [2.75, 3.05) is 6.61 Å². The first-order valence-corrected chi connectivity index (χ1v) is 7.02. The van der Waals surface area contributed by atoms with E-state index < -0.39 is 5.60 Å². The number of hydrogen-bond donors (Lipinski definition) is 0. The molecule has 1 saturated carbocycles. The molecule has 2 rings (SSSR count). The molecule has 1 aromatic rings. The number of benzene rings is 1. The molecule has 0 amide bonds. The summed E-state index contributed by atoms with van der Waals surface area (Å²) in [6, 6.07) is 5.77. The zero-order valence-electron chi connectivity index (χ0n) is 11.6. The number of Topliss-reactive ketones (excluding diaryl/α,β-unsaturated/α-hetero) is 1. The van der Waals surface area contributed by atoms with Crippen molar-refractivity contribution in [1.29, 1.82) is 0 Å². The van der Waals surface area contributed by atoms with Crippen molar-refractivity contribution in [1.82, 2.24) is 0 Å². The highest BCUT2D eigenvalue weighted by molar-refractivity contribution is 6.02. The molecule has 0 saturated heterocycles. The van der Waals surface area contributed by atoms with Gasteiger partial charge in [-0.05, 0) is 56.4 Å². The molecule has 2 nitrogen and oxygen atoms in total. The van der Waals surface area contributed by atoms with E-state index in [2.05, 4.69) is 6.92 Å². The van der Waals surface area contributed by atoms with Crippen LogP contribution in [0.4, 0.5) is 4.39 Å². The van der Waals surface area contributed by atoms with E-state index in [9.17, 15) is 9.18 Å². The highest BCUT2D eigenvalue weighted by Gasteiger charge is 2.42. The smallest absolute Gasteiger partial charge is 0.194 e. The Kier molecular flexibility index (Phi) is 4.35. The zero-order chi connectivity index (χ0) is 13.9. The molecule has 3 heteroatoms. The van der Waals surface area contributed by atoms with E-state index >= 15 is 0 Å². The third kappa shape index (κ3) is 3.03. The summed E-state index contributed by atoms with van der Waals surface area (Å²) < 4.78 is 18.8. The molecule has 0 aliphatic heterocycles. The highest BCUT2D eigenvalue weighted by atomic mass is 19.1. The van der Waals surface area contributed by atoms with Gasteiger partial charge in [-0.2, -0.15) is 0 Å². The fraction of sp³-hybridized carbons (Fsp3) is 0.562. The summed E-state index contributed by atoms with van der Waals surface area (Å²) in [5, 5.41) is 0. The predicted octanol–water partition coefficient (Wildman–Crippen LogP) is 3.99. The van der Waals surface area contributed by atoms with Crippen molar-refractivity contribution in [2.45, 2.75) is 45.1 Å². The van der Waals surface area contributed by atoms with Gasteiger partial charge in [0.15, 0.2) is 5.78 Å². The monoisotopic (exact) mass is 264 g/mol. The maximum Gasteiger partial charge on any atom is 0.194 e. The molecule has 1 aromatic carbocycles. The quantitative estimate of drug-likeness (QED) is 0.768. The van der Waals surface area contributed by atoms with Crippen LogP contribution in [0.1, 0.15) is 49.9 Å². The molecule has 1 aliphatic rings. The van der Waals surface area contributed by atoms with Gasteiger partial charge in [-0.25, -0.2) is 4.39 Å². The Hall–Kier alpha value is -1.22. The van der Waals surface area contributed by atoms with Gasteiger partial charge in [-0.3, -0.25) is 4.79 Å². The number of rotatable bonds is 4. The standard InChI is InChI=1S/C16H21FO2/c1-3-19-16(10-4-5-12(2)11-16)15(18)13-6-8-14(17)9-7-13/h6-9,12H,3-5,10-11H2,1-2H3. The van der Waals surface area contributed by atoms with E-state index in [1.165, 1.54) is 12.1 Å². The van der Waals surface area contributed by atoms with Gasteiger partial charge in [0.1, 0.15) is 11.4 Å². The number of ether oxygens (including phenoxy) is 1. The fourth-order valence-electron chi connectivity index (χ4n) is 3.05. The summed E-state index contributed by atoms with van der Waals surface area (Å²) >= 11 is 0. The molecule has 1 aliphatic carbocycles. The lowest BCUT2D eigenvalue weighted by Crippen LogP contribution is -2.45. The van der Waals surface area contributed by atoms with Crippen LogP contribution in [0.3, 0.4) is 0 Å².